The van der Waals surface area contributed by atoms with Gasteiger partial charge in [0.25, 0.3) is 0 Å². The van der Waals surface area contributed by atoms with E-state index in [0.29, 0.717) is 12.0 Å². The fraction of sp³-hybridized carbons (Fsp3) is 0.625. The number of benzene rings is 1. The average Bonchev–Trinajstić information content (AvgIpc) is 3.09. The molecule has 0 spiro atoms. The van der Waals surface area contributed by atoms with Gasteiger partial charge in [-0.3, -0.25) is 0 Å². The predicted molar refractivity (Wildman–Crippen MR) is 85.6 cm³/mol. The molecule has 7 heteroatoms. The number of hydrogen-bond acceptors (Lipinski definition) is 4. The zero-order valence-corrected chi connectivity index (χ0v) is 13.7. The molecular weight excluding hydrogens is 322 g/mol. The van der Waals surface area contributed by atoms with Crippen LogP contribution in [0.2, 0.25) is 0 Å². The van der Waals surface area contributed by atoms with E-state index >= 15 is 0 Å². The molecule has 2 fully saturated rings. The van der Waals surface area contributed by atoms with Gasteiger partial charge in [-0.05, 0) is 62.4 Å². The highest BCUT2D eigenvalue weighted by Gasteiger charge is 2.29. The molecule has 1 N–H and O–H groups in total. The fourth-order valence-electron chi connectivity index (χ4n) is 3.62. The van der Waals surface area contributed by atoms with Gasteiger partial charge >= 0.3 is 5.76 Å². The van der Waals surface area contributed by atoms with E-state index in [2.05, 4.69) is 10.2 Å². The summed E-state index contributed by atoms with van der Waals surface area (Å²) in [5.74, 6) is -2.67. The maximum atomic E-state index is 12.5. The minimum absolute atomic E-state index is 0.318. The Morgan fingerprint density at radius 2 is 1.74 bits per heavy atom. The molecule has 1 aromatic carbocycles. The van der Waals surface area contributed by atoms with Gasteiger partial charge in [0.1, 0.15) is 0 Å². The van der Waals surface area contributed by atoms with Gasteiger partial charge in [0.05, 0.1) is 4.90 Å². The van der Waals surface area contributed by atoms with Crippen LogP contribution in [0.1, 0.15) is 25.7 Å². The molecule has 128 valence electrons. The molecule has 3 rings (SSSR count). The Morgan fingerprint density at radius 1 is 1.09 bits per heavy atom. The van der Waals surface area contributed by atoms with Crippen molar-refractivity contribution in [2.24, 2.45) is 5.92 Å². The lowest BCUT2D eigenvalue weighted by atomic mass is 9.88. The molecule has 1 unspecified atom stereocenters. The molecule has 1 aromatic rings. The van der Waals surface area contributed by atoms with E-state index in [-0.39, 0.29) is 4.90 Å². The molecule has 4 nitrogen and oxygen atoms in total. The summed E-state index contributed by atoms with van der Waals surface area (Å²) in [5, 5.41) is 3.56. The van der Waals surface area contributed by atoms with Crippen LogP contribution in [0.3, 0.4) is 0 Å². The maximum absolute atomic E-state index is 12.5. The van der Waals surface area contributed by atoms with Crippen LogP contribution in [-0.2, 0) is 9.84 Å². The Hall–Kier alpha value is -1.21. The highest BCUT2D eigenvalue weighted by molar-refractivity contribution is 7.91. The van der Waals surface area contributed by atoms with Crippen LogP contribution in [0, 0.1) is 5.92 Å². The van der Waals surface area contributed by atoms with Crippen molar-refractivity contribution in [1.82, 2.24) is 5.32 Å². The molecule has 0 aromatic heterocycles. The number of anilines is 1. The van der Waals surface area contributed by atoms with Crippen molar-refractivity contribution >= 4 is 15.5 Å². The van der Waals surface area contributed by atoms with Crippen molar-refractivity contribution in [3.8, 4) is 0 Å². The Bertz CT molecular complexity index is 620. The van der Waals surface area contributed by atoms with Crippen molar-refractivity contribution in [3.05, 3.63) is 24.3 Å². The number of nitrogens with zero attached hydrogens (tertiary/aromatic N) is 1. The standard InChI is InChI=1S/C16H22F2N2O2S/c17-16(18)23(21,22)14-5-3-13(4-6-14)20-10-7-12(8-11-20)15-2-1-9-19-15/h3-6,12,15-16,19H,1-2,7-11H2. The Balaban J connectivity index is 1.62. The largest absolute Gasteiger partial charge is 0.372 e. The first-order chi connectivity index (χ1) is 11.0. The number of alkyl halides is 2. The van der Waals surface area contributed by atoms with Crippen LogP contribution in [0.4, 0.5) is 14.5 Å². The second-order valence-electron chi connectivity index (χ2n) is 6.33. The molecule has 23 heavy (non-hydrogen) atoms. The van der Waals surface area contributed by atoms with Crippen molar-refractivity contribution in [3.63, 3.8) is 0 Å². The van der Waals surface area contributed by atoms with E-state index in [1.807, 2.05) is 0 Å². The minimum Gasteiger partial charge on any atom is -0.372 e. The van der Waals surface area contributed by atoms with Gasteiger partial charge in [0.2, 0.25) is 9.84 Å². The molecule has 0 saturated carbocycles. The topological polar surface area (TPSA) is 49.4 Å². The van der Waals surface area contributed by atoms with Gasteiger partial charge < -0.3 is 10.2 Å². The zero-order chi connectivity index (χ0) is 16.4. The number of sulfone groups is 1. The van der Waals surface area contributed by atoms with Crippen molar-refractivity contribution < 1.29 is 17.2 Å². The van der Waals surface area contributed by atoms with E-state index in [4.69, 9.17) is 0 Å². The molecule has 1 atom stereocenters. The summed E-state index contributed by atoms with van der Waals surface area (Å²) < 4.78 is 48.0. The first-order valence-electron chi connectivity index (χ1n) is 8.09. The third-order valence-corrected chi connectivity index (χ3v) is 6.37. The van der Waals surface area contributed by atoms with E-state index in [0.717, 1.165) is 38.2 Å². The monoisotopic (exact) mass is 344 g/mol. The van der Waals surface area contributed by atoms with Gasteiger partial charge in [0.15, 0.2) is 0 Å². The molecule has 2 saturated heterocycles. The number of hydrogen-bond donors (Lipinski definition) is 1. The lowest BCUT2D eigenvalue weighted by Gasteiger charge is -2.36. The molecule has 0 bridgehead atoms. The van der Waals surface area contributed by atoms with Crippen molar-refractivity contribution in [1.29, 1.82) is 0 Å². The Labute approximate surface area is 135 Å². The van der Waals surface area contributed by atoms with Crippen LogP contribution < -0.4 is 10.2 Å². The minimum atomic E-state index is -4.50. The molecule has 0 amide bonds. The van der Waals surface area contributed by atoms with Gasteiger partial charge in [-0.15, -0.1) is 0 Å². The van der Waals surface area contributed by atoms with Gasteiger partial charge in [-0.25, -0.2) is 8.42 Å². The molecule has 2 aliphatic heterocycles. The van der Waals surface area contributed by atoms with Crippen molar-refractivity contribution in [2.45, 2.75) is 42.4 Å². The Morgan fingerprint density at radius 3 is 2.26 bits per heavy atom. The molecule has 2 heterocycles. The van der Waals surface area contributed by atoms with Gasteiger partial charge in [0, 0.05) is 24.8 Å². The summed E-state index contributed by atoms with van der Waals surface area (Å²) in [5.41, 5.74) is 0.899. The van der Waals surface area contributed by atoms with Crippen LogP contribution in [0.25, 0.3) is 0 Å². The lowest BCUT2D eigenvalue weighted by Crippen LogP contribution is -2.40. The highest BCUT2D eigenvalue weighted by Crippen LogP contribution is 2.29. The highest BCUT2D eigenvalue weighted by atomic mass is 32.2. The normalized spacial score (nSPS) is 23.6. The first-order valence-corrected chi connectivity index (χ1v) is 9.63. The van der Waals surface area contributed by atoms with E-state index in [9.17, 15) is 17.2 Å². The van der Waals surface area contributed by atoms with Crippen LogP contribution in [-0.4, -0.2) is 39.9 Å². The second kappa shape index (κ2) is 6.73. The van der Waals surface area contributed by atoms with Gasteiger partial charge in [-0.1, -0.05) is 0 Å². The maximum Gasteiger partial charge on any atom is 0.341 e. The van der Waals surface area contributed by atoms with Gasteiger partial charge in [-0.2, -0.15) is 8.78 Å². The van der Waals surface area contributed by atoms with Crippen LogP contribution in [0.5, 0.6) is 0 Å². The average molecular weight is 344 g/mol. The molecule has 0 radical (unpaired) electrons. The summed E-state index contributed by atoms with van der Waals surface area (Å²) in [6, 6.07) is 6.45. The molecule has 0 aliphatic carbocycles. The van der Waals surface area contributed by atoms with Crippen molar-refractivity contribution in [2.75, 3.05) is 24.5 Å². The van der Waals surface area contributed by atoms with Crippen LogP contribution >= 0.6 is 0 Å². The number of piperidine rings is 1. The number of halogens is 2. The third kappa shape index (κ3) is 3.50. The summed E-state index contributed by atoms with van der Waals surface area (Å²) in [4.78, 5) is 1.88. The SMILES string of the molecule is O=S(=O)(c1ccc(N2CCC(C3CCCN3)CC2)cc1)C(F)F. The van der Waals surface area contributed by atoms with Crippen LogP contribution in [0.15, 0.2) is 29.2 Å². The second-order valence-corrected chi connectivity index (χ2v) is 8.24. The predicted octanol–water partition coefficient (Wildman–Crippen LogP) is 2.65. The number of rotatable bonds is 4. The Kier molecular flexibility index (Phi) is 4.87. The molecule has 2 aliphatic rings. The first kappa shape index (κ1) is 16.6. The number of nitrogens with one attached hydrogen (secondary N) is 1. The summed E-state index contributed by atoms with van der Waals surface area (Å²) >= 11 is 0. The quantitative estimate of drug-likeness (QED) is 0.912. The summed E-state index contributed by atoms with van der Waals surface area (Å²) in [7, 11) is -4.50. The smallest absolute Gasteiger partial charge is 0.341 e. The fourth-order valence-corrected chi connectivity index (χ4v) is 4.34. The summed E-state index contributed by atoms with van der Waals surface area (Å²) in [6.07, 6.45) is 4.72. The molecular formula is C16H22F2N2O2S. The van der Waals surface area contributed by atoms with E-state index in [1.165, 1.54) is 25.0 Å². The van der Waals surface area contributed by atoms with E-state index in [1.54, 1.807) is 12.1 Å². The third-order valence-electron chi connectivity index (χ3n) is 4.97. The summed E-state index contributed by atoms with van der Waals surface area (Å²) in [6.45, 7) is 2.96. The lowest BCUT2D eigenvalue weighted by molar-refractivity contribution is 0.234. The van der Waals surface area contributed by atoms with E-state index < -0.39 is 15.6 Å². The zero-order valence-electron chi connectivity index (χ0n) is 12.9.